The highest BCUT2D eigenvalue weighted by Crippen LogP contribution is 2.33. The molecule has 4 rings (SSSR count). The zero-order valence-electron chi connectivity index (χ0n) is 17.1. The van der Waals surface area contributed by atoms with Crippen LogP contribution in [0, 0.1) is 0 Å². The van der Waals surface area contributed by atoms with Crippen LogP contribution in [0.25, 0.3) is 0 Å². The van der Waals surface area contributed by atoms with Crippen molar-refractivity contribution in [2.45, 2.75) is 12.5 Å². The Labute approximate surface area is 180 Å². The standard InChI is InChI=1S/C25H22N2O4/c1-30-21-13-11-19(12-14-21)23-15-22(18-7-3-2-4-8-18)26-27(23)25(29)17-31-24-10-6-5-9-20(24)16-28/h2-14,16,23H,15,17H2,1H3/t23-/m1/s1. The zero-order chi connectivity index (χ0) is 21.6. The number of ether oxygens (including phenoxy) is 2. The van der Waals surface area contributed by atoms with Gasteiger partial charge in [0.05, 0.1) is 24.4 Å². The molecule has 0 fully saturated rings. The van der Waals surface area contributed by atoms with Crippen molar-refractivity contribution < 1.29 is 19.1 Å². The lowest BCUT2D eigenvalue weighted by molar-refractivity contribution is -0.135. The predicted octanol–water partition coefficient (Wildman–Crippen LogP) is 4.26. The third kappa shape index (κ3) is 4.48. The van der Waals surface area contributed by atoms with Crippen molar-refractivity contribution in [2.24, 2.45) is 5.10 Å². The van der Waals surface area contributed by atoms with Crippen LogP contribution in [0.1, 0.15) is 33.9 Å². The minimum atomic E-state index is -0.285. The number of methoxy groups -OCH3 is 1. The quantitative estimate of drug-likeness (QED) is 0.542. The van der Waals surface area contributed by atoms with Crippen LogP contribution in [0.3, 0.4) is 0 Å². The molecule has 0 bridgehead atoms. The lowest BCUT2D eigenvalue weighted by atomic mass is 9.98. The molecule has 1 aliphatic heterocycles. The first-order chi connectivity index (χ1) is 15.2. The second-order valence-electron chi connectivity index (χ2n) is 7.09. The number of benzene rings is 3. The number of carbonyl (C=O) groups is 2. The van der Waals surface area contributed by atoms with E-state index in [1.807, 2.05) is 54.6 Å². The van der Waals surface area contributed by atoms with E-state index < -0.39 is 0 Å². The number of hydrogen-bond acceptors (Lipinski definition) is 5. The van der Waals surface area contributed by atoms with E-state index in [-0.39, 0.29) is 18.6 Å². The lowest BCUT2D eigenvalue weighted by Gasteiger charge is -2.22. The van der Waals surface area contributed by atoms with Gasteiger partial charge in [-0.15, -0.1) is 0 Å². The summed E-state index contributed by atoms with van der Waals surface area (Å²) < 4.78 is 10.9. The molecule has 0 radical (unpaired) electrons. The van der Waals surface area contributed by atoms with Crippen molar-refractivity contribution in [1.29, 1.82) is 0 Å². The number of amides is 1. The Hall–Kier alpha value is -3.93. The number of rotatable bonds is 7. The fourth-order valence-corrected chi connectivity index (χ4v) is 3.55. The number of hydrazone groups is 1. The Morgan fingerprint density at radius 2 is 1.74 bits per heavy atom. The van der Waals surface area contributed by atoms with Crippen LogP contribution in [-0.4, -0.2) is 36.6 Å². The van der Waals surface area contributed by atoms with Crippen molar-refractivity contribution in [3.05, 3.63) is 95.6 Å². The Morgan fingerprint density at radius 1 is 1.03 bits per heavy atom. The summed E-state index contributed by atoms with van der Waals surface area (Å²) in [5, 5.41) is 6.11. The molecule has 31 heavy (non-hydrogen) atoms. The largest absolute Gasteiger partial charge is 0.497 e. The highest BCUT2D eigenvalue weighted by Gasteiger charge is 2.33. The Kier molecular flexibility index (Phi) is 6.08. The minimum absolute atomic E-state index is 0.219. The second-order valence-corrected chi connectivity index (χ2v) is 7.09. The van der Waals surface area contributed by atoms with Gasteiger partial charge in [-0.3, -0.25) is 9.59 Å². The summed E-state index contributed by atoms with van der Waals surface area (Å²) in [5.74, 6) is 0.836. The monoisotopic (exact) mass is 414 g/mol. The SMILES string of the molecule is COc1ccc([C@H]2CC(c3ccccc3)=NN2C(=O)COc2ccccc2C=O)cc1. The highest BCUT2D eigenvalue weighted by atomic mass is 16.5. The van der Waals surface area contributed by atoms with Crippen molar-refractivity contribution >= 4 is 17.9 Å². The first-order valence-corrected chi connectivity index (χ1v) is 9.95. The average molecular weight is 414 g/mol. The van der Waals surface area contributed by atoms with Crippen molar-refractivity contribution in [3.63, 3.8) is 0 Å². The van der Waals surface area contributed by atoms with Crippen LogP contribution < -0.4 is 9.47 Å². The molecular weight excluding hydrogens is 392 g/mol. The molecule has 1 atom stereocenters. The van der Waals surface area contributed by atoms with Gasteiger partial charge in [-0.25, -0.2) is 5.01 Å². The van der Waals surface area contributed by atoms with Crippen LogP contribution in [0.15, 0.2) is 84.0 Å². The zero-order valence-corrected chi connectivity index (χ0v) is 17.1. The number of carbonyl (C=O) groups excluding carboxylic acids is 2. The van der Waals surface area contributed by atoms with Gasteiger partial charge < -0.3 is 9.47 Å². The third-order valence-corrected chi connectivity index (χ3v) is 5.17. The predicted molar refractivity (Wildman–Crippen MR) is 118 cm³/mol. The maximum Gasteiger partial charge on any atom is 0.281 e. The van der Waals surface area contributed by atoms with E-state index in [2.05, 4.69) is 5.10 Å². The Bertz CT molecular complexity index is 1090. The van der Waals surface area contributed by atoms with Crippen molar-refractivity contribution in [2.75, 3.05) is 13.7 Å². The number of hydrogen-bond donors (Lipinski definition) is 0. The van der Waals surface area contributed by atoms with Gasteiger partial charge in [0.2, 0.25) is 0 Å². The molecule has 3 aromatic carbocycles. The van der Waals surface area contributed by atoms with Gasteiger partial charge in [0, 0.05) is 6.42 Å². The number of aldehydes is 1. The summed E-state index contributed by atoms with van der Waals surface area (Å²) in [4.78, 5) is 24.3. The van der Waals surface area contributed by atoms with E-state index >= 15 is 0 Å². The van der Waals surface area contributed by atoms with E-state index in [1.54, 1.807) is 31.4 Å². The van der Waals surface area contributed by atoms with Gasteiger partial charge in [0.1, 0.15) is 11.5 Å². The summed E-state index contributed by atoms with van der Waals surface area (Å²) in [6.07, 6.45) is 1.30. The molecule has 0 saturated heterocycles. The van der Waals surface area contributed by atoms with Gasteiger partial charge >= 0.3 is 0 Å². The molecule has 3 aromatic rings. The summed E-state index contributed by atoms with van der Waals surface area (Å²) in [5.41, 5.74) is 3.17. The molecule has 1 aliphatic rings. The second kappa shape index (κ2) is 9.26. The van der Waals surface area contributed by atoms with Crippen LogP contribution in [0.2, 0.25) is 0 Å². The molecule has 6 heteroatoms. The summed E-state index contributed by atoms with van der Waals surface area (Å²) in [6.45, 7) is -0.219. The Balaban J connectivity index is 1.58. The molecule has 6 nitrogen and oxygen atoms in total. The number of nitrogens with zero attached hydrogens (tertiary/aromatic N) is 2. The smallest absolute Gasteiger partial charge is 0.281 e. The normalized spacial score (nSPS) is 15.3. The van der Waals surface area contributed by atoms with E-state index in [1.165, 1.54) is 5.01 Å². The highest BCUT2D eigenvalue weighted by molar-refractivity contribution is 6.03. The summed E-state index contributed by atoms with van der Waals surface area (Å²) in [6, 6.07) is 24.0. The minimum Gasteiger partial charge on any atom is -0.497 e. The van der Waals surface area contributed by atoms with Gasteiger partial charge in [-0.2, -0.15) is 5.10 Å². The first kappa shape index (κ1) is 20.3. The van der Waals surface area contributed by atoms with E-state index in [0.717, 1.165) is 22.6 Å². The summed E-state index contributed by atoms with van der Waals surface area (Å²) >= 11 is 0. The van der Waals surface area contributed by atoms with Gasteiger partial charge in [-0.1, -0.05) is 54.6 Å². The maximum atomic E-state index is 13.1. The molecule has 0 aromatic heterocycles. The molecule has 0 unspecified atom stereocenters. The lowest BCUT2D eigenvalue weighted by Crippen LogP contribution is -2.31. The Morgan fingerprint density at radius 3 is 2.45 bits per heavy atom. The molecule has 0 N–H and O–H groups in total. The molecule has 1 amide bonds. The van der Waals surface area contributed by atoms with Crippen molar-refractivity contribution in [1.82, 2.24) is 5.01 Å². The van der Waals surface area contributed by atoms with Crippen LogP contribution in [0.5, 0.6) is 11.5 Å². The van der Waals surface area contributed by atoms with E-state index in [0.29, 0.717) is 24.0 Å². The van der Waals surface area contributed by atoms with Crippen LogP contribution in [-0.2, 0) is 4.79 Å². The third-order valence-electron chi connectivity index (χ3n) is 5.17. The molecule has 1 heterocycles. The molecule has 156 valence electrons. The first-order valence-electron chi connectivity index (χ1n) is 9.95. The molecular formula is C25H22N2O4. The van der Waals surface area contributed by atoms with Gasteiger partial charge in [0.15, 0.2) is 12.9 Å². The molecule has 0 spiro atoms. The fourth-order valence-electron chi connectivity index (χ4n) is 3.55. The topological polar surface area (TPSA) is 68.2 Å². The number of para-hydroxylation sites is 1. The van der Waals surface area contributed by atoms with Crippen LogP contribution in [0.4, 0.5) is 0 Å². The van der Waals surface area contributed by atoms with E-state index in [9.17, 15) is 9.59 Å². The summed E-state index contributed by atoms with van der Waals surface area (Å²) in [7, 11) is 1.62. The van der Waals surface area contributed by atoms with Crippen molar-refractivity contribution in [3.8, 4) is 11.5 Å². The maximum absolute atomic E-state index is 13.1. The fraction of sp³-hybridized carbons (Fsp3) is 0.160. The van der Waals surface area contributed by atoms with Gasteiger partial charge in [0.25, 0.3) is 5.91 Å². The van der Waals surface area contributed by atoms with Gasteiger partial charge in [-0.05, 0) is 35.4 Å². The van der Waals surface area contributed by atoms with Crippen LogP contribution >= 0.6 is 0 Å². The molecule has 0 saturated carbocycles. The molecule has 0 aliphatic carbocycles. The van der Waals surface area contributed by atoms with E-state index in [4.69, 9.17) is 9.47 Å². The average Bonchev–Trinajstić information content (AvgIpc) is 3.29.